The summed E-state index contributed by atoms with van der Waals surface area (Å²) in [6, 6.07) is 7.36. The van der Waals surface area contributed by atoms with E-state index in [2.05, 4.69) is 12.2 Å². The topological polar surface area (TPSA) is 47.6 Å². The molecule has 4 nitrogen and oxygen atoms in total. The highest BCUT2D eigenvalue weighted by molar-refractivity contribution is 5.86. The van der Waals surface area contributed by atoms with Gasteiger partial charge in [0.25, 0.3) is 0 Å². The van der Waals surface area contributed by atoms with Crippen LogP contribution in [0.4, 0.5) is 10.5 Å². The second-order valence-electron chi connectivity index (χ2n) is 5.33. The molecule has 1 aromatic carbocycles. The van der Waals surface area contributed by atoms with Crippen molar-refractivity contribution >= 4 is 11.8 Å². The quantitative estimate of drug-likeness (QED) is 0.811. The third-order valence-corrected chi connectivity index (χ3v) is 2.28. The first-order valence-corrected chi connectivity index (χ1v) is 6.64. The van der Waals surface area contributed by atoms with Gasteiger partial charge in [-0.15, -0.1) is 0 Å². The van der Waals surface area contributed by atoms with E-state index in [0.29, 0.717) is 18.0 Å². The maximum absolute atomic E-state index is 11.7. The van der Waals surface area contributed by atoms with Gasteiger partial charge < -0.3 is 9.47 Å². The van der Waals surface area contributed by atoms with Crippen LogP contribution in [-0.4, -0.2) is 18.3 Å². The van der Waals surface area contributed by atoms with Gasteiger partial charge in [-0.3, -0.25) is 5.32 Å². The highest BCUT2D eigenvalue weighted by Gasteiger charge is 2.17. The van der Waals surface area contributed by atoms with E-state index >= 15 is 0 Å². The van der Waals surface area contributed by atoms with Gasteiger partial charge in [0.05, 0.1) is 12.3 Å². The molecule has 0 saturated heterocycles. The van der Waals surface area contributed by atoms with Gasteiger partial charge in [0.1, 0.15) is 11.4 Å². The highest BCUT2D eigenvalue weighted by atomic mass is 16.6. The minimum atomic E-state index is -0.512. The smallest absolute Gasteiger partial charge is 0.412 e. The zero-order valence-corrected chi connectivity index (χ0v) is 12.2. The summed E-state index contributed by atoms with van der Waals surface area (Å²) in [4.78, 5) is 11.7. The summed E-state index contributed by atoms with van der Waals surface area (Å²) in [5, 5.41) is 2.71. The Kier molecular flexibility index (Phi) is 5.67. The molecule has 0 aliphatic heterocycles. The first kappa shape index (κ1) is 15.3. The first-order valence-electron chi connectivity index (χ1n) is 6.64. The lowest BCUT2D eigenvalue weighted by molar-refractivity contribution is 0.0635. The highest BCUT2D eigenvalue weighted by Crippen LogP contribution is 2.24. The molecule has 0 unspecified atom stereocenters. The van der Waals surface area contributed by atoms with Gasteiger partial charge in [0, 0.05) is 0 Å². The van der Waals surface area contributed by atoms with Crippen molar-refractivity contribution < 1.29 is 14.3 Å². The number of unbranched alkanes of at least 4 members (excludes halogenated alkanes) is 1. The van der Waals surface area contributed by atoms with Crippen molar-refractivity contribution in [3.63, 3.8) is 0 Å². The number of benzene rings is 1. The molecule has 19 heavy (non-hydrogen) atoms. The van der Waals surface area contributed by atoms with Crippen LogP contribution in [0.15, 0.2) is 24.3 Å². The fourth-order valence-electron chi connectivity index (χ4n) is 1.44. The van der Waals surface area contributed by atoms with Crippen LogP contribution in [0.1, 0.15) is 40.5 Å². The molecule has 4 heteroatoms. The Labute approximate surface area is 115 Å². The maximum atomic E-state index is 11.7. The van der Waals surface area contributed by atoms with Gasteiger partial charge in [-0.2, -0.15) is 0 Å². The second-order valence-corrected chi connectivity index (χ2v) is 5.33. The molecule has 1 aromatic rings. The molecule has 0 aliphatic carbocycles. The average Bonchev–Trinajstić information content (AvgIpc) is 2.29. The number of nitrogens with one attached hydrogen (secondary N) is 1. The number of ether oxygens (including phenoxy) is 2. The monoisotopic (exact) mass is 265 g/mol. The summed E-state index contributed by atoms with van der Waals surface area (Å²) in [6.07, 6.45) is 1.58. The molecule has 1 rings (SSSR count). The minimum Gasteiger partial charge on any atom is -0.491 e. The number of carbonyl (C=O) groups is 1. The number of hydrogen-bond acceptors (Lipinski definition) is 3. The third-order valence-electron chi connectivity index (χ3n) is 2.28. The fourth-order valence-corrected chi connectivity index (χ4v) is 1.44. The molecule has 0 bridgehead atoms. The maximum Gasteiger partial charge on any atom is 0.412 e. The summed E-state index contributed by atoms with van der Waals surface area (Å²) in [5.74, 6) is 0.668. The summed E-state index contributed by atoms with van der Waals surface area (Å²) in [7, 11) is 0. The van der Waals surface area contributed by atoms with Gasteiger partial charge in [-0.25, -0.2) is 4.79 Å². The van der Waals surface area contributed by atoms with Crippen molar-refractivity contribution in [2.75, 3.05) is 11.9 Å². The van der Waals surface area contributed by atoms with Crippen LogP contribution >= 0.6 is 0 Å². The average molecular weight is 265 g/mol. The van der Waals surface area contributed by atoms with Crippen LogP contribution in [0.25, 0.3) is 0 Å². The Hall–Kier alpha value is -1.71. The summed E-state index contributed by atoms with van der Waals surface area (Å²) in [6.45, 7) is 8.24. The molecule has 0 spiro atoms. The van der Waals surface area contributed by atoms with Crippen molar-refractivity contribution in [1.82, 2.24) is 0 Å². The van der Waals surface area contributed by atoms with Gasteiger partial charge in [0.2, 0.25) is 0 Å². The Morgan fingerprint density at radius 2 is 1.95 bits per heavy atom. The van der Waals surface area contributed by atoms with E-state index in [1.54, 1.807) is 6.07 Å². The molecule has 1 N–H and O–H groups in total. The van der Waals surface area contributed by atoms with Crippen LogP contribution in [-0.2, 0) is 4.74 Å². The van der Waals surface area contributed by atoms with Crippen LogP contribution in [0.3, 0.4) is 0 Å². The van der Waals surface area contributed by atoms with Crippen molar-refractivity contribution in [2.24, 2.45) is 0 Å². The first-order chi connectivity index (χ1) is 8.92. The van der Waals surface area contributed by atoms with E-state index in [-0.39, 0.29) is 0 Å². The lowest BCUT2D eigenvalue weighted by Gasteiger charge is -2.20. The molecule has 0 atom stereocenters. The summed E-state index contributed by atoms with van der Waals surface area (Å²) >= 11 is 0. The van der Waals surface area contributed by atoms with Crippen LogP contribution in [0.5, 0.6) is 5.75 Å². The van der Waals surface area contributed by atoms with Gasteiger partial charge >= 0.3 is 6.09 Å². The number of carbonyl (C=O) groups excluding carboxylic acids is 1. The Morgan fingerprint density at radius 3 is 2.58 bits per heavy atom. The standard InChI is InChI=1S/C15H23NO3/c1-5-6-11-18-13-10-8-7-9-12(13)16-14(17)19-15(2,3)4/h7-10H,5-6,11H2,1-4H3,(H,16,17). The molecule has 0 heterocycles. The van der Waals surface area contributed by atoms with E-state index < -0.39 is 11.7 Å². The van der Waals surface area contributed by atoms with Crippen LogP contribution in [0.2, 0.25) is 0 Å². The van der Waals surface area contributed by atoms with Crippen LogP contribution < -0.4 is 10.1 Å². The Balaban J connectivity index is 2.64. The molecular weight excluding hydrogens is 242 g/mol. The van der Waals surface area contributed by atoms with Crippen molar-refractivity contribution in [3.8, 4) is 5.75 Å². The zero-order valence-electron chi connectivity index (χ0n) is 12.2. The van der Waals surface area contributed by atoms with Crippen molar-refractivity contribution in [2.45, 2.75) is 46.1 Å². The zero-order chi connectivity index (χ0) is 14.3. The van der Waals surface area contributed by atoms with Gasteiger partial charge in [-0.05, 0) is 39.3 Å². The Morgan fingerprint density at radius 1 is 1.26 bits per heavy atom. The number of anilines is 1. The molecule has 0 aromatic heterocycles. The van der Waals surface area contributed by atoms with E-state index in [1.807, 2.05) is 39.0 Å². The number of hydrogen-bond donors (Lipinski definition) is 1. The Bertz CT molecular complexity index is 410. The molecule has 0 radical (unpaired) electrons. The molecule has 0 saturated carbocycles. The number of rotatable bonds is 5. The number of para-hydroxylation sites is 2. The predicted octanol–water partition coefficient (Wildman–Crippen LogP) is 4.21. The van der Waals surface area contributed by atoms with Gasteiger partial charge in [-0.1, -0.05) is 25.5 Å². The molecular formula is C15H23NO3. The van der Waals surface area contributed by atoms with E-state index in [9.17, 15) is 4.79 Å². The van der Waals surface area contributed by atoms with Crippen molar-refractivity contribution in [3.05, 3.63) is 24.3 Å². The second kappa shape index (κ2) is 7.02. The minimum absolute atomic E-state index is 0.473. The predicted molar refractivity (Wildman–Crippen MR) is 76.7 cm³/mol. The lowest BCUT2D eigenvalue weighted by Crippen LogP contribution is -2.27. The number of amides is 1. The fraction of sp³-hybridized carbons (Fsp3) is 0.533. The normalized spacial score (nSPS) is 10.9. The molecule has 0 aliphatic rings. The van der Waals surface area contributed by atoms with Crippen LogP contribution in [0, 0.1) is 0 Å². The van der Waals surface area contributed by atoms with Gasteiger partial charge in [0.15, 0.2) is 0 Å². The van der Waals surface area contributed by atoms with Crippen molar-refractivity contribution in [1.29, 1.82) is 0 Å². The molecule has 1 amide bonds. The van der Waals surface area contributed by atoms with E-state index in [1.165, 1.54) is 0 Å². The summed E-state index contributed by atoms with van der Waals surface area (Å²) < 4.78 is 10.9. The van der Waals surface area contributed by atoms with E-state index in [0.717, 1.165) is 12.8 Å². The SMILES string of the molecule is CCCCOc1ccccc1NC(=O)OC(C)(C)C. The molecule has 106 valence electrons. The summed E-state index contributed by atoms with van der Waals surface area (Å²) in [5.41, 5.74) is 0.120. The third kappa shape index (κ3) is 6.13. The lowest BCUT2D eigenvalue weighted by atomic mass is 10.2. The largest absolute Gasteiger partial charge is 0.491 e. The molecule has 0 fully saturated rings. The van der Waals surface area contributed by atoms with E-state index in [4.69, 9.17) is 9.47 Å².